The molecule has 10 heteroatoms. The summed E-state index contributed by atoms with van der Waals surface area (Å²) in [7, 11) is -2.02. The van der Waals surface area contributed by atoms with E-state index >= 15 is 0 Å². The van der Waals surface area contributed by atoms with Crippen molar-refractivity contribution in [2.45, 2.75) is 38.1 Å². The molecule has 0 aliphatic rings. The van der Waals surface area contributed by atoms with Gasteiger partial charge in [0.1, 0.15) is 0 Å². The van der Waals surface area contributed by atoms with Gasteiger partial charge in [-0.1, -0.05) is 6.92 Å². The van der Waals surface area contributed by atoms with Gasteiger partial charge in [-0.2, -0.15) is 4.31 Å². The van der Waals surface area contributed by atoms with Gasteiger partial charge in [0.25, 0.3) is 0 Å². The number of ether oxygens (including phenoxy) is 2. The average Bonchev–Trinajstić information content (AvgIpc) is 2.62. The summed E-state index contributed by atoms with van der Waals surface area (Å²) in [6.45, 7) is 6.40. The van der Waals surface area contributed by atoms with Crippen LogP contribution in [-0.2, 0) is 24.3 Å². The van der Waals surface area contributed by atoms with Crippen LogP contribution in [-0.4, -0.2) is 63.4 Å². The zero-order chi connectivity index (χ0) is 21.7. The second-order valence-electron chi connectivity index (χ2n) is 6.92. The summed E-state index contributed by atoms with van der Waals surface area (Å²) >= 11 is 0. The van der Waals surface area contributed by atoms with Crippen LogP contribution in [0.25, 0.3) is 0 Å². The van der Waals surface area contributed by atoms with Crippen molar-refractivity contribution in [3.8, 4) is 0 Å². The van der Waals surface area contributed by atoms with E-state index in [1.54, 1.807) is 27.7 Å². The standard InChI is InChI=1S/C18H26N2O7S/c1-7-20(11-15(21)19-18(2,3)4)28(24,25)14-10-12(16(22)26-5)8-9-13(14)17(23)27-6/h8-10H,7,11H2,1-6H3,(H,19,21). The lowest BCUT2D eigenvalue weighted by atomic mass is 10.1. The Labute approximate surface area is 165 Å². The van der Waals surface area contributed by atoms with E-state index in [1.165, 1.54) is 12.1 Å². The van der Waals surface area contributed by atoms with E-state index < -0.39 is 44.8 Å². The lowest BCUT2D eigenvalue weighted by Gasteiger charge is -2.25. The predicted molar refractivity (Wildman–Crippen MR) is 101 cm³/mol. The predicted octanol–water partition coefficient (Wildman–Crippen LogP) is 1.19. The van der Waals surface area contributed by atoms with Crippen molar-refractivity contribution in [2.24, 2.45) is 0 Å². The molecule has 0 atom stereocenters. The van der Waals surface area contributed by atoms with Crippen molar-refractivity contribution in [2.75, 3.05) is 27.3 Å². The molecule has 0 saturated carbocycles. The number of methoxy groups -OCH3 is 2. The third-order valence-corrected chi connectivity index (χ3v) is 5.57. The number of benzene rings is 1. The SMILES string of the molecule is CCN(CC(=O)NC(C)(C)C)S(=O)(=O)c1cc(C(=O)OC)ccc1C(=O)OC. The van der Waals surface area contributed by atoms with Gasteiger partial charge in [-0.3, -0.25) is 4.79 Å². The molecule has 0 unspecified atom stereocenters. The van der Waals surface area contributed by atoms with Crippen molar-refractivity contribution in [1.29, 1.82) is 0 Å². The van der Waals surface area contributed by atoms with Crippen LogP contribution in [0.4, 0.5) is 0 Å². The minimum Gasteiger partial charge on any atom is -0.465 e. The summed E-state index contributed by atoms with van der Waals surface area (Å²) in [6, 6.07) is 3.48. The Kier molecular flexibility index (Phi) is 7.71. The Balaban J connectivity index is 3.44. The Morgan fingerprint density at radius 2 is 1.64 bits per heavy atom. The third-order valence-electron chi connectivity index (χ3n) is 3.61. The van der Waals surface area contributed by atoms with Gasteiger partial charge in [-0.05, 0) is 39.0 Å². The molecule has 0 fully saturated rings. The Hall–Kier alpha value is -2.46. The highest BCUT2D eigenvalue weighted by atomic mass is 32.2. The van der Waals surface area contributed by atoms with Crippen LogP contribution in [0.5, 0.6) is 0 Å². The summed E-state index contributed by atoms with van der Waals surface area (Å²) in [4.78, 5) is 35.6. The summed E-state index contributed by atoms with van der Waals surface area (Å²) < 4.78 is 36.5. The van der Waals surface area contributed by atoms with E-state index in [0.717, 1.165) is 24.6 Å². The summed E-state index contributed by atoms with van der Waals surface area (Å²) in [5, 5.41) is 2.68. The summed E-state index contributed by atoms with van der Waals surface area (Å²) in [5.41, 5.74) is -0.837. The normalized spacial score (nSPS) is 11.8. The maximum Gasteiger partial charge on any atom is 0.339 e. The molecule has 1 N–H and O–H groups in total. The van der Waals surface area contributed by atoms with E-state index in [4.69, 9.17) is 0 Å². The largest absolute Gasteiger partial charge is 0.465 e. The zero-order valence-electron chi connectivity index (χ0n) is 16.9. The molecule has 1 amide bonds. The van der Waals surface area contributed by atoms with Crippen molar-refractivity contribution in [3.63, 3.8) is 0 Å². The maximum absolute atomic E-state index is 13.2. The quantitative estimate of drug-likeness (QED) is 0.666. The first-order chi connectivity index (χ1) is 12.9. The van der Waals surface area contributed by atoms with Gasteiger partial charge in [-0.25, -0.2) is 18.0 Å². The number of carbonyl (C=O) groups excluding carboxylic acids is 3. The molecular weight excluding hydrogens is 388 g/mol. The molecule has 1 aromatic carbocycles. The number of nitrogens with one attached hydrogen (secondary N) is 1. The van der Waals surface area contributed by atoms with Crippen LogP contribution in [0, 0.1) is 0 Å². The highest BCUT2D eigenvalue weighted by Gasteiger charge is 2.31. The van der Waals surface area contributed by atoms with Crippen molar-refractivity contribution >= 4 is 27.9 Å². The molecule has 0 spiro atoms. The number of amides is 1. The number of sulfonamides is 1. The van der Waals surface area contributed by atoms with Gasteiger partial charge < -0.3 is 14.8 Å². The van der Waals surface area contributed by atoms with Crippen LogP contribution < -0.4 is 5.32 Å². The molecule has 0 bridgehead atoms. The molecular formula is C18H26N2O7S. The summed E-state index contributed by atoms with van der Waals surface area (Å²) in [6.07, 6.45) is 0. The average molecular weight is 414 g/mol. The van der Waals surface area contributed by atoms with Crippen LogP contribution in [0.2, 0.25) is 0 Å². The molecule has 0 aliphatic carbocycles. The van der Waals surface area contributed by atoms with Gasteiger partial charge in [0.2, 0.25) is 15.9 Å². The van der Waals surface area contributed by atoms with Gasteiger partial charge in [0, 0.05) is 12.1 Å². The van der Waals surface area contributed by atoms with Gasteiger partial charge in [-0.15, -0.1) is 0 Å². The fraction of sp³-hybridized carbons (Fsp3) is 0.500. The van der Waals surface area contributed by atoms with E-state index in [2.05, 4.69) is 14.8 Å². The van der Waals surface area contributed by atoms with Crippen LogP contribution in [0.15, 0.2) is 23.1 Å². The van der Waals surface area contributed by atoms with E-state index in [0.29, 0.717) is 0 Å². The van der Waals surface area contributed by atoms with E-state index in [-0.39, 0.29) is 17.7 Å². The summed E-state index contributed by atoms with van der Waals surface area (Å²) in [5.74, 6) is -2.15. The Morgan fingerprint density at radius 3 is 2.11 bits per heavy atom. The van der Waals surface area contributed by atoms with Crippen molar-refractivity contribution in [1.82, 2.24) is 9.62 Å². The van der Waals surface area contributed by atoms with Crippen LogP contribution in [0.1, 0.15) is 48.4 Å². The molecule has 0 aromatic heterocycles. The minimum atomic E-state index is -4.29. The molecule has 0 heterocycles. The number of carbonyl (C=O) groups is 3. The topological polar surface area (TPSA) is 119 Å². The first-order valence-electron chi connectivity index (χ1n) is 8.49. The number of hydrogen-bond donors (Lipinski definition) is 1. The molecule has 0 saturated heterocycles. The monoisotopic (exact) mass is 414 g/mol. The molecule has 1 rings (SSSR count). The molecule has 156 valence electrons. The van der Waals surface area contributed by atoms with Crippen LogP contribution in [0.3, 0.4) is 0 Å². The third kappa shape index (κ3) is 5.77. The van der Waals surface area contributed by atoms with Crippen molar-refractivity contribution < 1.29 is 32.3 Å². The van der Waals surface area contributed by atoms with Gasteiger partial charge >= 0.3 is 11.9 Å². The lowest BCUT2D eigenvalue weighted by molar-refractivity contribution is -0.122. The molecule has 28 heavy (non-hydrogen) atoms. The highest BCUT2D eigenvalue weighted by molar-refractivity contribution is 7.89. The maximum atomic E-state index is 13.2. The van der Waals surface area contributed by atoms with E-state index in [9.17, 15) is 22.8 Å². The number of rotatable bonds is 7. The first kappa shape index (κ1) is 23.6. The van der Waals surface area contributed by atoms with Gasteiger partial charge in [0.05, 0.1) is 36.8 Å². The van der Waals surface area contributed by atoms with Crippen LogP contribution >= 0.6 is 0 Å². The van der Waals surface area contributed by atoms with E-state index in [1.807, 2.05) is 0 Å². The zero-order valence-corrected chi connectivity index (χ0v) is 17.7. The number of hydrogen-bond acceptors (Lipinski definition) is 7. The minimum absolute atomic E-state index is 0.0248. The number of nitrogens with zero attached hydrogens (tertiary/aromatic N) is 1. The second-order valence-corrected chi connectivity index (χ2v) is 8.83. The molecule has 0 aliphatic heterocycles. The van der Waals surface area contributed by atoms with Gasteiger partial charge in [0.15, 0.2) is 0 Å². The second kappa shape index (κ2) is 9.16. The fourth-order valence-electron chi connectivity index (χ4n) is 2.38. The Morgan fingerprint density at radius 1 is 1.07 bits per heavy atom. The lowest BCUT2D eigenvalue weighted by Crippen LogP contribution is -2.47. The highest BCUT2D eigenvalue weighted by Crippen LogP contribution is 2.23. The fourth-order valence-corrected chi connectivity index (χ4v) is 3.99. The Bertz CT molecular complexity index is 857. The first-order valence-corrected chi connectivity index (χ1v) is 9.93. The molecule has 0 radical (unpaired) electrons. The molecule has 1 aromatic rings. The van der Waals surface area contributed by atoms with Crippen molar-refractivity contribution in [3.05, 3.63) is 29.3 Å². The number of likely N-dealkylation sites (N-methyl/N-ethyl adjacent to an activating group) is 1. The smallest absolute Gasteiger partial charge is 0.339 e. The molecule has 9 nitrogen and oxygen atoms in total. The number of esters is 2.